The molecule has 1 saturated heterocycles. The maximum absolute atomic E-state index is 13.2. The highest BCUT2D eigenvalue weighted by Gasteiger charge is 2.70. The van der Waals surface area contributed by atoms with Gasteiger partial charge in [0.2, 0.25) is 0 Å². The lowest BCUT2D eigenvalue weighted by Crippen LogP contribution is -2.62. The monoisotopic (exact) mass is 510 g/mol. The van der Waals surface area contributed by atoms with Crippen LogP contribution < -0.4 is 0 Å². The first-order valence-corrected chi connectivity index (χ1v) is 13.3. The van der Waals surface area contributed by atoms with Gasteiger partial charge >= 0.3 is 0 Å². The Morgan fingerprint density at radius 3 is 2.64 bits per heavy atom. The van der Waals surface area contributed by atoms with Crippen molar-refractivity contribution in [3.8, 4) is 0 Å². The molecule has 1 spiro atoms. The average molecular weight is 511 g/mol. The van der Waals surface area contributed by atoms with E-state index in [0.29, 0.717) is 31.6 Å². The van der Waals surface area contributed by atoms with Gasteiger partial charge in [-0.2, -0.15) is 0 Å². The summed E-state index contributed by atoms with van der Waals surface area (Å²) >= 11 is 0. The van der Waals surface area contributed by atoms with Gasteiger partial charge in [0.15, 0.2) is 17.8 Å². The molecule has 0 aromatic carbocycles. The molecule has 12 atom stereocenters. The molecular weight excluding hydrogens is 472 g/mol. The third kappa shape index (κ3) is 3.35. The molecule has 2 bridgehead atoms. The summed E-state index contributed by atoms with van der Waals surface area (Å²) in [6.07, 6.45) is -3.26. The van der Waals surface area contributed by atoms with Crippen LogP contribution in [0.2, 0.25) is 0 Å². The van der Waals surface area contributed by atoms with E-state index in [2.05, 4.69) is 6.92 Å². The van der Waals surface area contributed by atoms with Crippen LogP contribution in [0.3, 0.4) is 0 Å². The Balaban J connectivity index is 1.39. The van der Waals surface area contributed by atoms with Crippen LogP contribution in [0.15, 0.2) is 11.3 Å². The molecule has 10 nitrogen and oxygen atoms in total. The summed E-state index contributed by atoms with van der Waals surface area (Å²) < 4.78 is 17.8. The predicted octanol–water partition coefficient (Wildman–Crippen LogP) is -0.625. The van der Waals surface area contributed by atoms with Gasteiger partial charge in [0.25, 0.3) is 0 Å². The summed E-state index contributed by atoms with van der Waals surface area (Å²) in [5, 5.41) is 62.5. The van der Waals surface area contributed by atoms with E-state index in [4.69, 9.17) is 14.2 Å². The van der Waals surface area contributed by atoms with E-state index in [1.54, 1.807) is 0 Å². The predicted molar refractivity (Wildman–Crippen MR) is 122 cm³/mol. The first-order valence-electron chi connectivity index (χ1n) is 13.3. The number of ketones is 1. The first-order chi connectivity index (χ1) is 17.1. The van der Waals surface area contributed by atoms with Crippen molar-refractivity contribution in [3.63, 3.8) is 0 Å². The summed E-state index contributed by atoms with van der Waals surface area (Å²) in [7, 11) is 0. The molecule has 0 amide bonds. The number of ether oxygens (including phenoxy) is 3. The lowest BCUT2D eigenvalue weighted by atomic mass is 9.44. The number of fused-ring (bicyclic) bond motifs is 4. The molecule has 2 heterocycles. The van der Waals surface area contributed by atoms with E-state index >= 15 is 0 Å². The number of allylic oxidation sites excluding steroid dienone is 1. The zero-order valence-electron chi connectivity index (χ0n) is 20.6. The van der Waals surface area contributed by atoms with E-state index < -0.39 is 54.4 Å². The molecule has 6 aliphatic rings. The fourth-order valence-corrected chi connectivity index (χ4v) is 9.27. The van der Waals surface area contributed by atoms with Crippen LogP contribution in [0.1, 0.15) is 51.9 Å². The van der Waals surface area contributed by atoms with Gasteiger partial charge in [0, 0.05) is 12.8 Å². The van der Waals surface area contributed by atoms with Gasteiger partial charge in [-0.3, -0.25) is 4.79 Å². The number of aliphatic hydroxyl groups excluding tert-OH is 5. The van der Waals surface area contributed by atoms with E-state index in [0.717, 1.165) is 31.3 Å². The number of carbonyl (C=O) groups excluding carboxylic acids is 1. The van der Waals surface area contributed by atoms with Crippen molar-refractivity contribution in [1.29, 1.82) is 0 Å². The highest BCUT2D eigenvalue weighted by molar-refractivity contribution is 5.96. The summed E-state index contributed by atoms with van der Waals surface area (Å²) in [6.45, 7) is 1.72. The minimum Gasteiger partial charge on any atom is -0.490 e. The van der Waals surface area contributed by atoms with Crippen LogP contribution in [-0.4, -0.2) is 98.7 Å². The van der Waals surface area contributed by atoms with Crippen molar-refractivity contribution >= 4 is 5.78 Å². The van der Waals surface area contributed by atoms with Crippen molar-refractivity contribution in [2.75, 3.05) is 19.8 Å². The fraction of sp³-hybridized carbons (Fsp3) is 0.885. The van der Waals surface area contributed by atoms with Gasteiger partial charge in [-0.05, 0) is 66.3 Å². The van der Waals surface area contributed by atoms with Gasteiger partial charge < -0.3 is 44.8 Å². The Morgan fingerprint density at radius 2 is 1.92 bits per heavy atom. The maximum atomic E-state index is 13.2. The molecule has 0 radical (unpaired) electrons. The highest BCUT2D eigenvalue weighted by atomic mass is 16.7. The molecule has 0 aromatic heterocycles. The highest BCUT2D eigenvalue weighted by Crippen LogP contribution is 2.72. The maximum Gasteiger partial charge on any atom is 0.197 e. The van der Waals surface area contributed by atoms with Gasteiger partial charge in [-0.25, -0.2) is 0 Å². The third-order valence-electron chi connectivity index (χ3n) is 10.6. The Morgan fingerprint density at radius 1 is 1.14 bits per heavy atom. The molecule has 4 fully saturated rings. The van der Waals surface area contributed by atoms with Crippen LogP contribution in [0.5, 0.6) is 0 Å². The van der Waals surface area contributed by atoms with Gasteiger partial charge in [0.05, 0.1) is 31.5 Å². The molecule has 6 N–H and O–H groups in total. The van der Waals surface area contributed by atoms with E-state index in [1.165, 1.54) is 0 Å². The van der Waals surface area contributed by atoms with Gasteiger partial charge in [-0.1, -0.05) is 6.92 Å². The zero-order valence-corrected chi connectivity index (χ0v) is 20.6. The number of hydrogen-bond acceptors (Lipinski definition) is 10. The normalized spacial score (nSPS) is 54.1. The van der Waals surface area contributed by atoms with E-state index in [1.807, 2.05) is 0 Å². The van der Waals surface area contributed by atoms with Crippen LogP contribution in [0.25, 0.3) is 0 Å². The average Bonchev–Trinajstić information content (AvgIpc) is 3.41. The van der Waals surface area contributed by atoms with Crippen molar-refractivity contribution in [2.24, 2.45) is 28.6 Å². The second kappa shape index (κ2) is 8.44. The fourth-order valence-electron chi connectivity index (χ4n) is 9.27. The lowest BCUT2D eigenvalue weighted by Gasteiger charge is -2.61. The van der Waals surface area contributed by atoms with Crippen LogP contribution >= 0.6 is 0 Å². The topological polar surface area (TPSA) is 166 Å². The first kappa shape index (κ1) is 25.2. The Hall–Kier alpha value is -1.11. The number of rotatable bonds is 4. The van der Waals surface area contributed by atoms with Crippen LogP contribution in [0.4, 0.5) is 0 Å². The molecule has 0 unspecified atom stereocenters. The molecule has 3 saturated carbocycles. The molecule has 6 rings (SSSR count). The SMILES string of the molecule is C[C@@]12CC(=O)C3=C(CCO3)[C@H]1CC[C@@]13C[C@@H](C[C@H](O[C@@H]4O[C@H](CO)[C@@H](O)[C@H](O)[C@H]4O)[C@H]12)[C@@](O)(CO)C3. The zero-order chi connectivity index (χ0) is 25.6. The van der Waals surface area contributed by atoms with Gasteiger partial charge in [0.1, 0.15) is 24.4 Å². The number of hydrogen-bond donors (Lipinski definition) is 6. The summed E-state index contributed by atoms with van der Waals surface area (Å²) in [5.74, 6) is 0.238. The molecule has 4 aliphatic carbocycles. The Bertz CT molecular complexity index is 951. The summed E-state index contributed by atoms with van der Waals surface area (Å²) in [6, 6.07) is 0. The van der Waals surface area contributed by atoms with Crippen molar-refractivity contribution in [1.82, 2.24) is 0 Å². The second-order valence-electron chi connectivity index (χ2n) is 12.4. The largest absolute Gasteiger partial charge is 0.490 e. The number of aliphatic hydroxyl groups is 6. The van der Waals surface area contributed by atoms with Gasteiger partial charge in [-0.15, -0.1) is 0 Å². The Kier molecular flexibility index (Phi) is 5.91. The molecule has 0 aromatic rings. The molecule has 10 heteroatoms. The van der Waals surface area contributed by atoms with Crippen LogP contribution in [-0.2, 0) is 19.0 Å². The molecule has 202 valence electrons. The van der Waals surface area contributed by atoms with Crippen molar-refractivity contribution < 1.29 is 49.6 Å². The van der Waals surface area contributed by atoms with E-state index in [9.17, 15) is 35.4 Å². The smallest absolute Gasteiger partial charge is 0.197 e. The summed E-state index contributed by atoms with van der Waals surface area (Å²) in [5.41, 5.74) is -1.02. The number of carbonyl (C=O) groups is 1. The molecular formula is C26H38O10. The standard InChI is InChI=1S/C26H38O10/c1-24-8-15(29)21-13(3-5-34-21)14(24)2-4-25-7-12(26(33,10-25)11-28)6-16(22(24)25)35-23-20(32)19(31)18(30)17(9-27)36-23/h12,14,16-20,22-23,27-28,30-33H,2-11H2,1H3/t12-,14-,16+,17-,18-,19+,20-,22+,23-,24-,25+,26+/m1/s1. The second-order valence-corrected chi connectivity index (χ2v) is 12.4. The Labute approximate surface area is 209 Å². The molecule has 2 aliphatic heterocycles. The van der Waals surface area contributed by atoms with Crippen molar-refractivity contribution in [3.05, 3.63) is 11.3 Å². The summed E-state index contributed by atoms with van der Waals surface area (Å²) in [4.78, 5) is 13.2. The lowest BCUT2D eigenvalue weighted by molar-refractivity contribution is -0.327. The minimum absolute atomic E-state index is 0.0116. The van der Waals surface area contributed by atoms with Crippen LogP contribution in [0, 0.1) is 28.6 Å². The minimum atomic E-state index is -1.56. The quantitative estimate of drug-likeness (QED) is 0.287. The third-order valence-corrected chi connectivity index (χ3v) is 10.6. The molecule has 36 heavy (non-hydrogen) atoms. The number of Topliss-reactive ketones (excluding diaryl/α,β-unsaturated/α-hetero) is 1. The van der Waals surface area contributed by atoms with E-state index in [-0.39, 0.29) is 35.6 Å². The van der Waals surface area contributed by atoms with Crippen molar-refractivity contribution in [2.45, 2.75) is 94.3 Å².